The summed E-state index contributed by atoms with van der Waals surface area (Å²) < 4.78 is 0. The zero-order valence-corrected chi connectivity index (χ0v) is 14.6. The van der Waals surface area contributed by atoms with Crippen molar-refractivity contribution < 1.29 is 89.1 Å². The molecule has 0 spiro atoms. The van der Waals surface area contributed by atoms with Gasteiger partial charge in [0.2, 0.25) is 10.8 Å². The zero-order chi connectivity index (χ0) is 25.8. The van der Waals surface area contributed by atoms with E-state index in [1.54, 1.807) is 0 Å². The van der Waals surface area contributed by atoms with Crippen LogP contribution in [0.2, 0.25) is 0 Å². The van der Waals surface area contributed by atoms with Crippen molar-refractivity contribution in [2.75, 3.05) is 0 Å². The summed E-state index contributed by atoms with van der Waals surface area (Å²) in [5, 5.41) is 85.6. The number of carbonyl (C=O) groups is 9. The standard InChI is InChI=1S/C13H9NO18/c15-1(16)10(2(17)18)11(3(19)20,4(21)22)13(7(27)28,8(29)30)14(9(31)32)12(10,5(23)24)6(25)26/h(H,15,16)(H,17,18)(H,19,20)(H,21,22)(H,23,24)(H,25,26)(H,27,28)(H,29,30)(H,31,32). The molecule has 9 N–H and O–H groups in total. The molecule has 0 aromatic rings. The Morgan fingerprint density at radius 3 is 0.656 bits per heavy atom. The lowest BCUT2D eigenvalue weighted by atomic mass is 9.51. The molecule has 1 aliphatic rings. The van der Waals surface area contributed by atoms with Gasteiger partial charge in [-0.2, -0.15) is 0 Å². The molecule has 0 saturated carbocycles. The van der Waals surface area contributed by atoms with Gasteiger partial charge in [-0.3, -0.25) is 24.1 Å². The smallest absolute Gasteiger partial charge is 0.410 e. The van der Waals surface area contributed by atoms with Crippen molar-refractivity contribution >= 4 is 53.8 Å². The predicted octanol–water partition coefficient (Wildman–Crippen LogP) is -3.89. The van der Waals surface area contributed by atoms with Crippen LogP contribution in [-0.2, 0) is 38.4 Å². The third kappa shape index (κ3) is 1.95. The quantitative estimate of drug-likeness (QED) is 0.154. The highest BCUT2D eigenvalue weighted by atomic mass is 16.5. The van der Waals surface area contributed by atoms with Gasteiger partial charge < -0.3 is 46.0 Å². The van der Waals surface area contributed by atoms with Gasteiger partial charge >= 0.3 is 53.8 Å². The number of carboxylic acids is 8. The van der Waals surface area contributed by atoms with Crippen LogP contribution in [0.15, 0.2) is 0 Å². The van der Waals surface area contributed by atoms with Gasteiger partial charge in [0, 0.05) is 0 Å². The maximum Gasteiger partial charge on any atom is 0.410 e. The molecule has 1 amide bonds. The number of hydrogen-bond donors (Lipinski definition) is 9. The average molecular weight is 467 g/mol. The van der Waals surface area contributed by atoms with E-state index in [-0.39, 0.29) is 0 Å². The van der Waals surface area contributed by atoms with Gasteiger partial charge in [0.05, 0.1) is 0 Å². The minimum absolute atomic E-state index is 1.83. The Morgan fingerprint density at radius 1 is 0.375 bits per heavy atom. The van der Waals surface area contributed by atoms with E-state index in [1.807, 2.05) is 0 Å². The van der Waals surface area contributed by atoms with Gasteiger partial charge in [-0.1, -0.05) is 0 Å². The van der Waals surface area contributed by atoms with Gasteiger partial charge in [0.25, 0.3) is 11.1 Å². The van der Waals surface area contributed by atoms with Crippen molar-refractivity contribution in [3.05, 3.63) is 0 Å². The van der Waals surface area contributed by atoms with E-state index >= 15 is 0 Å². The molecule has 1 aliphatic heterocycles. The first-order chi connectivity index (χ1) is 14.4. The molecule has 19 nitrogen and oxygen atoms in total. The summed E-state index contributed by atoms with van der Waals surface area (Å²) in [5.41, 5.74) is -21.8. The van der Waals surface area contributed by atoms with Crippen molar-refractivity contribution in [2.24, 2.45) is 10.8 Å². The third-order valence-corrected chi connectivity index (χ3v) is 5.03. The van der Waals surface area contributed by atoms with Crippen molar-refractivity contribution in [2.45, 2.75) is 11.1 Å². The Balaban J connectivity index is 5.11. The average Bonchev–Trinajstić information content (AvgIpc) is 2.85. The van der Waals surface area contributed by atoms with Crippen LogP contribution in [0.5, 0.6) is 0 Å². The monoisotopic (exact) mass is 467 g/mol. The first-order valence-electron chi connectivity index (χ1n) is 7.27. The Bertz CT molecular complexity index is 890. The number of aliphatic carboxylic acids is 8. The second-order valence-corrected chi connectivity index (χ2v) is 5.98. The van der Waals surface area contributed by atoms with E-state index in [0.29, 0.717) is 0 Å². The summed E-state index contributed by atoms with van der Waals surface area (Å²) in [5.74, 6) is -27.7. The SMILES string of the molecule is O=C(O)N1C(C(=O)O)(C(=O)O)C(C(=O)O)(C(=O)O)C(C(=O)O)(C(=O)O)C1(C(=O)O)C(=O)O. The van der Waals surface area contributed by atoms with E-state index in [2.05, 4.69) is 0 Å². The van der Waals surface area contributed by atoms with Crippen molar-refractivity contribution in [3.63, 3.8) is 0 Å². The van der Waals surface area contributed by atoms with Gasteiger partial charge in [-0.15, -0.1) is 0 Å². The minimum Gasteiger partial charge on any atom is -0.480 e. The van der Waals surface area contributed by atoms with Crippen molar-refractivity contribution in [1.82, 2.24) is 4.90 Å². The Kier molecular flexibility index (Phi) is 5.31. The molecule has 0 atom stereocenters. The highest BCUT2D eigenvalue weighted by Gasteiger charge is 3.03. The van der Waals surface area contributed by atoms with Crippen molar-refractivity contribution in [3.8, 4) is 0 Å². The molecule has 1 saturated heterocycles. The molecule has 1 fully saturated rings. The summed E-state index contributed by atoms with van der Waals surface area (Å²) in [6.45, 7) is 0. The number of rotatable bonds is 8. The second kappa shape index (κ2) is 6.78. The van der Waals surface area contributed by atoms with Crippen LogP contribution in [0.4, 0.5) is 4.79 Å². The summed E-state index contributed by atoms with van der Waals surface area (Å²) in [4.78, 5) is 106. The van der Waals surface area contributed by atoms with Gasteiger partial charge in [0.1, 0.15) is 0 Å². The molecule has 19 heteroatoms. The van der Waals surface area contributed by atoms with E-state index in [1.165, 1.54) is 0 Å². The van der Waals surface area contributed by atoms with E-state index in [4.69, 9.17) is 0 Å². The Labute approximate surface area is 170 Å². The summed E-state index contributed by atoms with van der Waals surface area (Å²) in [7, 11) is 0. The fraction of sp³-hybridized carbons (Fsp3) is 0.308. The lowest BCUT2D eigenvalue weighted by Gasteiger charge is -2.39. The molecule has 32 heavy (non-hydrogen) atoms. The summed E-state index contributed by atoms with van der Waals surface area (Å²) >= 11 is 0. The third-order valence-electron chi connectivity index (χ3n) is 5.03. The lowest BCUT2D eigenvalue weighted by Crippen LogP contribution is -2.75. The molecular weight excluding hydrogens is 458 g/mol. The topological polar surface area (TPSA) is 339 Å². The molecule has 174 valence electrons. The molecule has 0 radical (unpaired) electrons. The number of carboxylic acid groups (broad SMARTS) is 9. The lowest BCUT2D eigenvalue weighted by molar-refractivity contribution is -0.207. The van der Waals surface area contributed by atoms with Gasteiger partial charge in [0.15, 0.2) is 0 Å². The summed E-state index contributed by atoms with van der Waals surface area (Å²) in [6, 6.07) is 0. The number of nitrogens with zero attached hydrogens (tertiary/aromatic N) is 1. The van der Waals surface area contributed by atoms with E-state index < -0.39 is 80.7 Å². The Hall–Kier alpha value is -4.97. The number of hydrogen-bond acceptors (Lipinski definition) is 9. The van der Waals surface area contributed by atoms with Crippen molar-refractivity contribution in [1.29, 1.82) is 0 Å². The van der Waals surface area contributed by atoms with Crippen LogP contribution in [0.3, 0.4) is 0 Å². The number of amides is 1. The maximum atomic E-state index is 12.1. The van der Waals surface area contributed by atoms with Crippen LogP contribution < -0.4 is 0 Å². The van der Waals surface area contributed by atoms with Crippen LogP contribution in [0, 0.1) is 10.8 Å². The molecular formula is C13H9NO18. The van der Waals surface area contributed by atoms with E-state index in [9.17, 15) is 89.1 Å². The normalized spacial score (nSPS) is 19.3. The van der Waals surface area contributed by atoms with E-state index in [0.717, 1.165) is 0 Å². The largest absolute Gasteiger partial charge is 0.480 e. The zero-order valence-electron chi connectivity index (χ0n) is 14.6. The molecule has 0 aromatic carbocycles. The fourth-order valence-electron chi connectivity index (χ4n) is 4.07. The minimum atomic E-state index is -5.52. The highest BCUT2D eigenvalue weighted by Crippen LogP contribution is 2.66. The highest BCUT2D eigenvalue weighted by molar-refractivity contribution is 6.32. The van der Waals surface area contributed by atoms with Gasteiger partial charge in [-0.25, -0.2) is 24.0 Å². The molecule has 1 heterocycles. The second-order valence-electron chi connectivity index (χ2n) is 5.98. The predicted molar refractivity (Wildman–Crippen MR) is 81.3 cm³/mol. The molecule has 1 rings (SSSR count). The first-order valence-corrected chi connectivity index (χ1v) is 7.27. The molecule has 0 aromatic heterocycles. The fourth-order valence-corrected chi connectivity index (χ4v) is 4.07. The molecule has 0 unspecified atom stereocenters. The Morgan fingerprint density at radius 2 is 0.562 bits per heavy atom. The van der Waals surface area contributed by atoms with Crippen LogP contribution in [0.25, 0.3) is 0 Å². The summed E-state index contributed by atoms with van der Waals surface area (Å²) in [6.07, 6.45) is -3.31. The first kappa shape index (κ1) is 25.1. The maximum absolute atomic E-state index is 12.1. The van der Waals surface area contributed by atoms with Crippen LogP contribution >= 0.6 is 0 Å². The van der Waals surface area contributed by atoms with Crippen LogP contribution in [0.1, 0.15) is 0 Å². The molecule has 0 bridgehead atoms. The van der Waals surface area contributed by atoms with Crippen LogP contribution in [-0.4, -0.2) is 116 Å². The number of likely N-dealkylation sites (tertiary alicyclic amines) is 1. The molecule has 0 aliphatic carbocycles. The van der Waals surface area contributed by atoms with Gasteiger partial charge in [-0.05, 0) is 0 Å².